The number of hydrogen-bond acceptors (Lipinski definition) is 3. The summed E-state index contributed by atoms with van der Waals surface area (Å²) in [5.41, 5.74) is 2.23. The number of aliphatic hydroxyl groups is 2. The molecule has 0 unspecified atom stereocenters. The molecule has 0 spiro atoms. The quantitative estimate of drug-likeness (QED) is 0.882. The first-order chi connectivity index (χ1) is 9.60. The molecule has 0 aliphatic heterocycles. The average Bonchev–Trinajstić information content (AvgIpc) is 2.46. The fraction of sp³-hybridized carbons (Fsp3) is 0.250. The number of rotatable bonds is 5. The van der Waals surface area contributed by atoms with Gasteiger partial charge in [0.2, 0.25) is 0 Å². The Hall–Kier alpha value is -1.91. The van der Waals surface area contributed by atoms with Gasteiger partial charge >= 0.3 is 0 Å². The molecule has 1 atom stereocenters. The fourth-order valence-corrected chi connectivity index (χ4v) is 1.80. The molecule has 0 aliphatic carbocycles. The molecule has 0 bridgehead atoms. The van der Waals surface area contributed by atoms with Gasteiger partial charge in [-0.1, -0.05) is 30.3 Å². The first-order valence-corrected chi connectivity index (χ1v) is 6.39. The van der Waals surface area contributed by atoms with Crippen LogP contribution in [-0.4, -0.2) is 10.2 Å². The van der Waals surface area contributed by atoms with Crippen molar-refractivity contribution in [2.75, 3.05) is 0 Å². The number of hydrogen-bond donors (Lipinski definition) is 2. The monoisotopic (exact) mass is 276 g/mol. The van der Waals surface area contributed by atoms with Crippen LogP contribution < -0.4 is 4.74 Å². The molecule has 4 heteroatoms. The summed E-state index contributed by atoms with van der Waals surface area (Å²) in [5, 5.41) is 18.3. The van der Waals surface area contributed by atoms with E-state index >= 15 is 0 Å². The van der Waals surface area contributed by atoms with Crippen molar-refractivity contribution in [2.24, 2.45) is 0 Å². The molecule has 20 heavy (non-hydrogen) atoms. The first kappa shape index (κ1) is 14.5. The predicted octanol–water partition coefficient (Wildman–Crippen LogP) is 2.95. The third-order valence-electron chi connectivity index (χ3n) is 3.04. The molecule has 0 amide bonds. The third-order valence-corrected chi connectivity index (χ3v) is 3.04. The average molecular weight is 276 g/mol. The van der Waals surface area contributed by atoms with Gasteiger partial charge in [-0.05, 0) is 35.7 Å². The molecule has 0 aromatic heterocycles. The number of benzene rings is 2. The van der Waals surface area contributed by atoms with Crippen molar-refractivity contribution in [3.05, 3.63) is 65.0 Å². The Morgan fingerprint density at radius 1 is 1.10 bits per heavy atom. The number of ether oxygens (including phenoxy) is 1. The summed E-state index contributed by atoms with van der Waals surface area (Å²) in [6.07, 6.45) is -0.704. The predicted molar refractivity (Wildman–Crippen MR) is 73.7 cm³/mol. The van der Waals surface area contributed by atoms with E-state index in [1.807, 2.05) is 12.1 Å². The maximum atomic E-state index is 13.8. The summed E-state index contributed by atoms with van der Waals surface area (Å²) in [6, 6.07) is 11.7. The molecule has 0 saturated carbocycles. The Bertz CT molecular complexity index is 564. The van der Waals surface area contributed by atoms with Crippen LogP contribution in [0.3, 0.4) is 0 Å². The van der Waals surface area contributed by atoms with Gasteiger partial charge in [0.25, 0.3) is 0 Å². The van der Waals surface area contributed by atoms with E-state index in [1.165, 1.54) is 12.1 Å². The van der Waals surface area contributed by atoms with E-state index in [-0.39, 0.29) is 19.0 Å². The topological polar surface area (TPSA) is 49.7 Å². The SMILES string of the molecule is C[C@H](O)c1ccc(OCc2ccc(CO)cc2)c(F)c1. The van der Waals surface area contributed by atoms with Crippen LogP contribution in [0.1, 0.15) is 29.7 Å². The second kappa shape index (κ2) is 6.50. The van der Waals surface area contributed by atoms with Crippen LogP contribution in [0.2, 0.25) is 0 Å². The highest BCUT2D eigenvalue weighted by Gasteiger charge is 2.08. The van der Waals surface area contributed by atoms with Gasteiger partial charge in [-0.15, -0.1) is 0 Å². The van der Waals surface area contributed by atoms with Gasteiger partial charge in [-0.3, -0.25) is 0 Å². The second-order valence-electron chi connectivity index (χ2n) is 4.63. The van der Waals surface area contributed by atoms with E-state index in [1.54, 1.807) is 25.1 Å². The molecule has 0 saturated heterocycles. The minimum absolute atomic E-state index is 0.00340. The van der Waals surface area contributed by atoms with Gasteiger partial charge in [0.15, 0.2) is 11.6 Å². The highest BCUT2D eigenvalue weighted by Crippen LogP contribution is 2.22. The molecule has 2 aromatic carbocycles. The minimum atomic E-state index is -0.704. The van der Waals surface area contributed by atoms with Gasteiger partial charge < -0.3 is 14.9 Å². The lowest BCUT2D eigenvalue weighted by Crippen LogP contribution is -1.99. The van der Waals surface area contributed by atoms with Crippen molar-refractivity contribution < 1.29 is 19.3 Å². The highest BCUT2D eigenvalue weighted by atomic mass is 19.1. The Morgan fingerprint density at radius 2 is 1.75 bits per heavy atom. The second-order valence-corrected chi connectivity index (χ2v) is 4.63. The van der Waals surface area contributed by atoms with Crippen molar-refractivity contribution in [3.8, 4) is 5.75 Å². The normalized spacial score (nSPS) is 12.2. The molecule has 3 nitrogen and oxygen atoms in total. The minimum Gasteiger partial charge on any atom is -0.486 e. The standard InChI is InChI=1S/C16H17FO3/c1-11(19)14-6-7-16(15(17)8-14)20-10-13-4-2-12(9-18)3-5-13/h2-8,11,18-19H,9-10H2,1H3/t11-/m0/s1. The zero-order valence-corrected chi connectivity index (χ0v) is 11.2. The van der Waals surface area contributed by atoms with Gasteiger partial charge in [-0.2, -0.15) is 0 Å². The number of aliphatic hydroxyl groups excluding tert-OH is 2. The molecule has 2 N–H and O–H groups in total. The third kappa shape index (κ3) is 3.56. The van der Waals surface area contributed by atoms with Crippen molar-refractivity contribution in [2.45, 2.75) is 26.2 Å². The van der Waals surface area contributed by atoms with Crippen LogP contribution in [0.25, 0.3) is 0 Å². The zero-order chi connectivity index (χ0) is 14.5. The maximum absolute atomic E-state index is 13.8. The van der Waals surface area contributed by atoms with Gasteiger partial charge in [0.05, 0.1) is 12.7 Å². The summed E-state index contributed by atoms with van der Waals surface area (Å²) >= 11 is 0. The van der Waals surface area contributed by atoms with Gasteiger partial charge in [-0.25, -0.2) is 4.39 Å². The molecular formula is C16H17FO3. The van der Waals surface area contributed by atoms with Crippen LogP contribution in [0.4, 0.5) is 4.39 Å². The first-order valence-electron chi connectivity index (χ1n) is 6.39. The lowest BCUT2D eigenvalue weighted by molar-refractivity contribution is 0.198. The summed E-state index contributed by atoms with van der Waals surface area (Å²) in [6.45, 7) is 1.82. The Balaban J connectivity index is 2.03. The summed E-state index contributed by atoms with van der Waals surface area (Å²) in [4.78, 5) is 0. The van der Waals surface area contributed by atoms with Gasteiger partial charge in [0.1, 0.15) is 6.61 Å². The molecule has 2 aromatic rings. The van der Waals surface area contributed by atoms with E-state index in [4.69, 9.17) is 9.84 Å². The molecule has 0 radical (unpaired) electrons. The molecule has 106 valence electrons. The van der Waals surface area contributed by atoms with E-state index in [2.05, 4.69) is 0 Å². The van der Waals surface area contributed by atoms with Gasteiger partial charge in [0, 0.05) is 0 Å². The Labute approximate surface area is 117 Å². The number of halogens is 1. The largest absolute Gasteiger partial charge is 0.486 e. The van der Waals surface area contributed by atoms with Crippen molar-refractivity contribution >= 4 is 0 Å². The van der Waals surface area contributed by atoms with E-state index < -0.39 is 11.9 Å². The van der Waals surface area contributed by atoms with Crippen LogP contribution in [-0.2, 0) is 13.2 Å². The summed E-state index contributed by atoms with van der Waals surface area (Å²) < 4.78 is 19.2. The molecule has 0 heterocycles. The zero-order valence-electron chi connectivity index (χ0n) is 11.2. The maximum Gasteiger partial charge on any atom is 0.165 e. The van der Waals surface area contributed by atoms with E-state index in [9.17, 15) is 9.50 Å². The lowest BCUT2D eigenvalue weighted by Gasteiger charge is -2.10. The van der Waals surface area contributed by atoms with Crippen molar-refractivity contribution in [1.29, 1.82) is 0 Å². The molecule has 2 rings (SSSR count). The van der Waals surface area contributed by atoms with E-state index in [0.29, 0.717) is 5.56 Å². The molecular weight excluding hydrogens is 259 g/mol. The molecule has 0 aliphatic rings. The van der Waals surface area contributed by atoms with Crippen LogP contribution in [0.15, 0.2) is 42.5 Å². The Kier molecular flexibility index (Phi) is 4.71. The van der Waals surface area contributed by atoms with E-state index in [0.717, 1.165) is 11.1 Å². The fourth-order valence-electron chi connectivity index (χ4n) is 1.80. The molecule has 0 fully saturated rings. The van der Waals surface area contributed by atoms with Crippen LogP contribution in [0, 0.1) is 5.82 Å². The summed E-state index contributed by atoms with van der Waals surface area (Å²) in [7, 11) is 0. The highest BCUT2D eigenvalue weighted by molar-refractivity contribution is 5.31. The smallest absolute Gasteiger partial charge is 0.165 e. The summed E-state index contributed by atoms with van der Waals surface area (Å²) in [5.74, 6) is -0.337. The van der Waals surface area contributed by atoms with Crippen LogP contribution >= 0.6 is 0 Å². The lowest BCUT2D eigenvalue weighted by atomic mass is 10.1. The van der Waals surface area contributed by atoms with Crippen molar-refractivity contribution in [3.63, 3.8) is 0 Å². The van der Waals surface area contributed by atoms with Crippen molar-refractivity contribution in [1.82, 2.24) is 0 Å². The van der Waals surface area contributed by atoms with Crippen LogP contribution in [0.5, 0.6) is 5.75 Å². The Morgan fingerprint density at radius 3 is 2.30 bits per heavy atom.